The van der Waals surface area contributed by atoms with Crippen LogP contribution in [-0.4, -0.2) is 25.1 Å². The molecule has 2 heterocycles. The highest BCUT2D eigenvalue weighted by atomic mass is 15.1. The summed E-state index contributed by atoms with van der Waals surface area (Å²) in [4.78, 5) is 15.8. The van der Waals surface area contributed by atoms with Gasteiger partial charge in [-0.05, 0) is 102 Å². The van der Waals surface area contributed by atoms with Gasteiger partial charge in [0.05, 0.1) is 11.1 Å². The van der Waals surface area contributed by atoms with E-state index >= 15 is 0 Å². The molecule has 0 saturated carbocycles. The Labute approximate surface area is 400 Å². The maximum atomic E-state index is 5.37. The average Bonchev–Trinajstić information content (AvgIpc) is 3.75. The molecule has 2 atom stereocenters. The summed E-state index contributed by atoms with van der Waals surface area (Å²) < 4.78 is 0. The molecule has 2 aromatic heterocycles. The Balaban J connectivity index is 0.877. The maximum Gasteiger partial charge on any atom is 0.164 e. The van der Waals surface area contributed by atoms with Gasteiger partial charge in [0.25, 0.3) is 0 Å². The molecule has 5 nitrogen and oxygen atoms in total. The van der Waals surface area contributed by atoms with Gasteiger partial charge in [-0.3, -0.25) is 0 Å². The molecule has 0 amide bonds. The van der Waals surface area contributed by atoms with Gasteiger partial charge in [-0.25, -0.2) is 15.0 Å². The number of nitrogens with zero attached hydrogens (tertiary/aromatic N) is 5. The molecule has 0 aliphatic heterocycles. The Morgan fingerprint density at radius 2 is 0.812 bits per heavy atom. The molecule has 9 aromatic carbocycles. The van der Waals surface area contributed by atoms with Crippen LogP contribution in [0.1, 0.15) is 67.5 Å². The van der Waals surface area contributed by atoms with Crippen LogP contribution in [-0.2, 0) is 5.41 Å². The molecule has 2 bridgehead atoms. The first-order chi connectivity index (χ1) is 34.2. The second-order valence-corrected chi connectivity index (χ2v) is 18.3. The predicted octanol–water partition coefficient (Wildman–Crippen LogP) is 14.3. The zero-order valence-electron chi connectivity index (χ0n) is 37.4. The minimum atomic E-state index is -0.539. The number of fused-ring (bicyclic) bond motifs is 3. The quantitative estimate of drug-likeness (QED) is 0.160. The summed E-state index contributed by atoms with van der Waals surface area (Å²) in [5.41, 5.74) is 22.1. The zero-order valence-corrected chi connectivity index (χ0v) is 37.4. The monoisotopic (exact) mass is 879 g/mol. The molecule has 0 radical (unpaired) electrons. The van der Waals surface area contributed by atoms with Crippen molar-refractivity contribution in [3.05, 3.63) is 292 Å². The van der Waals surface area contributed by atoms with Crippen LogP contribution in [0.5, 0.6) is 0 Å². The first kappa shape index (κ1) is 39.3. The number of hydrogen-bond donors (Lipinski definition) is 0. The van der Waals surface area contributed by atoms with Crippen molar-refractivity contribution in [2.45, 2.75) is 17.3 Å². The van der Waals surface area contributed by atoms with Crippen molar-refractivity contribution in [2.24, 2.45) is 0 Å². The minimum absolute atomic E-state index is 0.142. The lowest BCUT2D eigenvalue weighted by atomic mass is 9.60. The smallest absolute Gasteiger partial charge is 0.164 e. The van der Waals surface area contributed by atoms with E-state index in [1.165, 1.54) is 66.8 Å². The van der Waals surface area contributed by atoms with Crippen LogP contribution >= 0.6 is 0 Å². The fraction of sp³-hybridized carbons (Fsp3) is 0.0469. The first-order valence-corrected chi connectivity index (χ1v) is 23.6. The summed E-state index contributed by atoms with van der Waals surface area (Å²) in [6.45, 7) is 0. The van der Waals surface area contributed by atoms with Gasteiger partial charge >= 0.3 is 0 Å². The largest absolute Gasteiger partial charge is 0.208 e. The van der Waals surface area contributed by atoms with E-state index in [1.807, 2.05) is 30.3 Å². The normalized spacial score (nSPS) is 15.4. The summed E-state index contributed by atoms with van der Waals surface area (Å²) >= 11 is 0. The van der Waals surface area contributed by atoms with Crippen molar-refractivity contribution in [3.8, 4) is 67.7 Å². The lowest BCUT2D eigenvalue weighted by Crippen LogP contribution is -2.28. The van der Waals surface area contributed by atoms with Crippen molar-refractivity contribution in [3.63, 3.8) is 0 Å². The summed E-state index contributed by atoms with van der Waals surface area (Å²) in [6.07, 6.45) is 1.73. The number of hydrogen-bond acceptors (Lipinski definition) is 5. The fourth-order valence-electron chi connectivity index (χ4n) is 11.8. The van der Waals surface area contributed by atoms with Crippen molar-refractivity contribution in [1.82, 2.24) is 25.1 Å². The van der Waals surface area contributed by atoms with Crippen molar-refractivity contribution in [1.29, 1.82) is 0 Å². The van der Waals surface area contributed by atoms with E-state index in [0.29, 0.717) is 17.5 Å². The first-order valence-electron chi connectivity index (χ1n) is 23.6. The topological polar surface area (TPSA) is 64.5 Å². The molecule has 4 aliphatic rings. The van der Waals surface area contributed by atoms with Gasteiger partial charge in [-0.15, -0.1) is 0 Å². The van der Waals surface area contributed by atoms with Crippen molar-refractivity contribution >= 4 is 0 Å². The van der Waals surface area contributed by atoms with Gasteiger partial charge in [0.1, 0.15) is 0 Å². The van der Waals surface area contributed by atoms with Crippen molar-refractivity contribution < 1.29 is 0 Å². The summed E-state index contributed by atoms with van der Waals surface area (Å²) in [5, 5.41) is 8.60. The van der Waals surface area contributed by atoms with Gasteiger partial charge in [0.15, 0.2) is 17.5 Å². The predicted molar refractivity (Wildman–Crippen MR) is 275 cm³/mol. The van der Waals surface area contributed by atoms with Crippen LogP contribution in [0.25, 0.3) is 67.7 Å². The van der Waals surface area contributed by atoms with Gasteiger partial charge in [0.2, 0.25) is 0 Å². The molecule has 0 N–H and O–H groups in total. The third-order valence-corrected chi connectivity index (χ3v) is 14.8. The number of benzene rings is 9. The molecule has 11 aromatic rings. The molecule has 322 valence electrons. The fourth-order valence-corrected chi connectivity index (χ4v) is 11.8. The average molecular weight is 880 g/mol. The van der Waals surface area contributed by atoms with E-state index in [2.05, 4.69) is 210 Å². The van der Waals surface area contributed by atoms with E-state index in [1.54, 1.807) is 6.20 Å². The lowest BCUT2D eigenvalue weighted by Gasteiger charge is -2.42. The van der Waals surface area contributed by atoms with E-state index in [4.69, 9.17) is 15.0 Å². The lowest BCUT2D eigenvalue weighted by molar-refractivity contribution is 0.755. The zero-order chi connectivity index (χ0) is 45.5. The number of aromatic nitrogens is 5. The van der Waals surface area contributed by atoms with E-state index in [0.717, 1.165) is 39.1 Å². The third-order valence-electron chi connectivity index (χ3n) is 14.8. The van der Waals surface area contributed by atoms with Crippen LogP contribution in [0.3, 0.4) is 0 Å². The van der Waals surface area contributed by atoms with Crippen LogP contribution in [0, 0.1) is 0 Å². The Kier molecular flexibility index (Phi) is 8.86. The molecule has 15 rings (SSSR count). The van der Waals surface area contributed by atoms with Gasteiger partial charge < -0.3 is 0 Å². The van der Waals surface area contributed by atoms with E-state index in [-0.39, 0.29) is 11.8 Å². The highest BCUT2D eigenvalue weighted by Gasteiger charge is 2.47. The van der Waals surface area contributed by atoms with Crippen molar-refractivity contribution in [2.75, 3.05) is 0 Å². The molecule has 2 unspecified atom stereocenters. The summed E-state index contributed by atoms with van der Waals surface area (Å²) in [5.74, 6) is 2.19. The Morgan fingerprint density at radius 1 is 0.319 bits per heavy atom. The van der Waals surface area contributed by atoms with Crippen LogP contribution in [0.4, 0.5) is 0 Å². The third kappa shape index (κ3) is 6.00. The molecule has 69 heavy (non-hydrogen) atoms. The van der Waals surface area contributed by atoms with Gasteiger partial charge in [-0.1, -0.05) is 206 Å². The van der Waals surface area contributed by atoms with E-state index < -0.39 is 5.41 Å². The minimum Gasteiger partial charge on any atom is -0.208 e. The summed E-state index contributed by atoms with van der Waals surface area (Å²) in [7, 11) is 0. The van der Waals surface area contributed by atoms with Crippen LogP contribution in [0.2, 0.25) is 0 Å². The van der Waals surface area contributed by atoms with Crippen LogP contribution < -0.4 is 0 Å². The highest BCUT2D eigenvalue weighted by molar-refractivity contribution is 5.94. The Bertz CT molecular complexity index is 3740. The molecular formula is C64H41N5. The highest BCUT2D eigenvalue weighted by Crippen LogP contribution is 2.59. The SMILES string of the molecule is c1ccc(-c2nc(-c3ccc(-c4ccc5c(c4)C4c6ccccc6C5c5cc(-c6cccnn6)ccc54)cc3)nc(-c3cccc4c3-c3ccccc3C4(c3ccccc3)c3ccccc3)n2)cc1. The van der Waals surface area contributed by atoms with Gasteiger partial charge in [-0.2, -0.15) is 10.2 Å². The standard InChI is InChI=1S/C64H41N5/c1-4-16-41(17-5-1)61-66-62(68-63(67-61)52-25-14-27-56-60(52)51-24-12-13-26-55(51)64(56,45-18-6-2-7-19-45)46-20-8-3-9-21-46)42-31-29-40(30-32-42)43-33-35-49-53(38-43)58-47-22-10-11-23-48(47)59(49)54-39-44(34-36-50(54)58)57-28-15-37-65-69-57/h1-39,58-59H. The number of rotatable bonds is 7. The second-order valence-electron chi connectivity index (χ2n) is 18.3. The Morgan fingerprint density at radius 3 is 1.46 bits per heavy atom. The molecule has 5 heteroatoms. The summed E-state index contributed by atoms with van der Waals surface area (Å²) in [6, 6.07) is 83.2. The molecule has 4 aliphatic carbocycles. The molecule has 0 spiro atoms. The van der Waals surface area contributed by atoms with E-state index in [9.17, 15) is 0 Å². The second kappa shape index (κ2) is 15.6. The maximum absolute atomic E-state index is 5.37. The Hall–Kier alpha value is -8.93. The van der Waals surface area contributed by atoms with Crippen LogP contribution in [0.15, 0.2) is 237 Å². The molecule has 0 fully saturated rings. The molecule has 0 saturated heterocycles. The molecular weight excluding hydrogens is 839 g/mol. The van der Waals surface area contributed by atoms with Gasteiger partial charge in [0, 0.05) is 40.3 Å².